The summed E-state index contributed by atoms with van der Waals surface area (Å²) in [4.78, 5) is 10.5. The van der Waals surface area contributed by atoms with Gasteiger partial charge in [-0.2, -0.15) is 0 Å². The summed E-state index contributed by atoms with van der Waals surface area (Å²) in [5, 5.41) is 17.3. The second kappa shape index (κ2) is 10.7. The van der Waals surface area contributed by atoms with Crippen molar-refractivity contribution in [1.29, 1.82) is 0 Å². The fourth-order valence-corrected chi connectivity index (χ4v) is 8.78. The number of hydrogen-bond acceptors (Lipinski definition) is 3. The minimum Gasteiger partial charge on any atom is -0.456 e. The first kappa shape index (κ1) is 28.6. The lowest BCUT2D eigenvalue weighted by molar-refractivity contribution is 0.669. The van der Waals surface area contributed by atoms with E-state index in [1.165, 1.54) is 64.6 Å². The van der Waals surface area contributed by atoms with Gasteiger partial charge in [0, 0.05) is 27.5 Å². The van der Waals surface area contributed by atoms with Gasteiger partial charge in [-0.3, -0.25) is 0 Å². The van der Waals surface area contributed by atoms with E-state index in [9.17, 15) is 0 Å². The van der Waals surface area contributed by atoms with Crippen LogP contribution in [-0.2, 0) is 0 Å². The van der Waals surface area contributed by atoms with Crippen molar-refractivity contribution in [2.45, 2.75) is 0 Å². The van der Waals surface area contributed by atoms with Crippen LogP contribution in [0.25, 0.3) is 120 Å². The monoisotopic (exact) mass is 672 g/mol. The Morgan fingerprint density at radius 2 is 0.849 bits per heavy atom. The van der Waals surface area contributed by atoms with E-state index in [1.54, 1.807) is 0 Å². The molecule has 0 unspecified atom stereocenters. The maximum absolute atomic E-state index is 6.32. The highest BCUT2D eigenvalue weighted by atomic mass is 16.3. The van der Waals surface area contributed by atoms with Gasteiger partial charge in [-0.15, -0.1) is 0 Å². The first-order valence-electron chi connectivity index (χ1n) is 18.1. The molecule has 0 spiro atoms. The number of nitrogens with zero attached hydrogens (tertiary/aromatic N) is 2. The average Bonchev–Trinajstić information content (AvgIpc) is 3.60. The fraction of sp³-hybridized carbons (Fsp3) is 0. The zero-order valence-corrected chi connectivity index (χ0v) is 28.5. The lowest BCUT2D eigenvalue weighted by Gasteiger charge is -2.17. The summed E-state index contributed by atoms with van der Waals surface area (Å²) >= 11 is 0. The Kier molecular flexibility index (Phi) is 5.77. The molecule has 0 radical (unpaired) electrons. The highest BCUT2D eigenvalue weighted by molar-refractivity contribution is 6.37. The highest BCUT2D eigenvalue weighted by Crippen LogP contribution is 2.44. The minimum atomic E-state index is 0.687. The quantitative estimate of drug-likeness (QED) is 0.175. The van der Waals surface area contributed by atoms with Crippen LogP contribution in [0.3, 0.4) is 0 Å². The second-order valence-electron chi connectivity index (χ2n) is 14.1. The largest absolute Gasteiger partial charge is 0.456 e. The van der Waals surface area contributed by atoms with Gasteiger partial charge in [-0.1, -0.05) is 133 Å². The van der Waals surface area contributed by atoms with Crippen LogP contribution in [-0.4, -0.2) is 9.97 Å². The van der Waals surface area contributed by atoms with E-state index in [4.69, 9.17) is 14.4 Å². The Hall–Kier alpha value is -7.10. The first-order chi connectivity index (χ1) is 26.2. The Morgan fingerprint density at radius 1 is 0.302 bits per heavy atom. The van der Waals surface area contributed by atoms with Crippen LogP contribution >= 0.6 is 0 Å². The van der Waals surface area contributed by atoms with Crippen molar-refractivity contribution in [3.63, 3.8) is 0 Å². The van der Waals surface area contributed by atoms with Gasteiger partial charge in [0.05, 0.1) is 11.4 Å². The summed E-state index contributed by atoms with van der Waals surface area (Å²) in [6.45, 7) is 0. The van der Waals surface area contributed by atoms with Crippen molar-refractivity contribution < 1.29 is 4.42 Å². The molecule has 0 bridgehead atoms. The summed E-state index contributed by atoms with van der Waals surface area (Å²) < 4.78 is 6.32. The van der Waals surface area contributed by atoms with Crippen molar-refractivity contribution in [3.05, 3.63) is 170 Å². The standard InChI is InChI=1S/C50H28N2O/c1-2-9-32(10-3-1)50-51-42(33-23-24-37-36-14-4-5-18-44(36)53-45(37)27-33)28-43(52-50)35-25-34-22-21-31-12-7-16-39-38-15-6-11-29-19-20-30-13-8-17-40(48(30)46(29)38)41(26-35)49(34)47(31)39/h1-28H. The van der Waals surface area contributed by atoms with Crippen molar-refractivity contribution in [1.82, 2.24) is 9.97 Å². The van der Waals surface area contributed by atoms with Gasteiger partial charge in [0.1, 0.15) is 11.2 Å². The van der Waals surface area contributed by atoms with Gasteiger partial charge in [0.15, 0.2) is 5.82 Å². The Balaban J connectivity index is 1.20. The number of rotatable bonds is 3. The van der Waals surface area contributed by atoms with E-state index < -0.39 is 0 Å². The predicted molar refractivity (Wildman–Crippen MR) is 222 cm³/mol. The van der Waals surface area contributed by atoms with Crippen LogP contribution in [0.1, 0.15) is 0 Å². The average molecular weight is 673 g/mol. The molecule has 2 heterocycles. The molecule has 10 aromatic carbocycles. The van der Waals surface area contributed by atoms with Crippen molar-refractivity contribution in [2.24, 2.45) is 0 Å². The van der Waals surface area contributed by atoms with Crippen molar-refractivity contribution >= 4 is 86.6 Å². The first-order valence-corrected chi connectivity index (χ1v) is 18.1. The van der Waals surface area contributed by atoms with E-state index in [1.807, 2.05) is 30.3 Å². The molecule has 12 aromatic rings. The Labute approximate surface area is 303 Å². The van der Waals surface area contributed by atoms with Crippen LogP contribution in [0.5, 0.6) is 0 Å². The Bertz CT molecular complexity index is 3450. The number of para-hydroxylation sites is 1. The lowest BCUT2D eigenvalue weighted by atomic mass is 9.87. The molecule has 0 aliphatic heterocycles. The van der Waals surface area contributed by atoms with Crippen molar-refractivity contribution in [3.8, 4) is 33.9 Å². The molecular formula is C50H28N2O. The van der Waals surface area contributed by atoms with E-state index in [2.05, 4.69) is 140 Å². The Morgan fingerprint density at radius 3 is 1.55 bits per heavy atom. The SMILES string of the molecule is c1ccc(-c2nc(-c3ccc4c(c3)oc3ccccc34)cc(-c3cc4ccc5cccc6c7cccc8ccc9cccc(c(c3)c4c56)c9c87)n2)cc1. The normalized spacial score (nSPS) is 12.2. The third-order valence-electron chi connectivity index (χ3n) is 11.2. The van der Waals surface area contributed by atoms with Crippen molar-refractivity contribution in [2.75, 3.05) is 0 Å². The highest BCUT2D eigenvalue weighted by Gasteiger charge is 2.18. The number of aromatic nitrogens is 2. The van der Waals surface area contributed by atoms with Crippen LogP contribution in [0.2, 0.25) is 0 Å². The molecular weight excluding hydrogens is 645 g/mol. The molecule has 244 valence electrons. The number of hydrogen-bond donors (Lipinski definition) is 0. The molecule has 0 saturated carbocycles. The predicted octanol–water partition coefficient (Wildman–Crippen LogP) is 13.7. The molecule has 53 heavy (non-hydrogen) atoms. The van der Waals surface area contributed by atoms with E-state index in [0.29, 0.717) is 5.82 Å². The molecule has 0 atom stereocenters. The maximum atomic E-state index is 6.32. The third-order valence-corrected chi connectivity index (χ3v) is 11.2. The van der Waals surface area contributed by atoms with Crippen LogP contribution in [0.15, 0.2) is 174 Å². The zero-order valence-electron chi connectivity index (χ0n) is 28.5. The molecule has 0 N–H and O–H groups in total. The zero-order chi connectivity index (χ0) is 34.6. The summed E-state index contributed by atoms with van der Waals surface area (Å²) in [6.07, 6.45) is 0. The molecule has 3 nitrogen and oxygen atoms in total. The minimum absolute atomic E-state index is 0.687. The van der Waals surface area contributed by atoms with Gasteiger partial charge in [0.2, 0.25) is 0 Å². The lowest BCUT2D eigenvalue weighted by Crippen LogP contribution is -1.96. The molecule has 0 amide bonds. The van der Waals surface area contributed by atoms with Gasteiger partial charge in [0.25, 0.3) is 0 Å². The summed E-state index contributed by atoms with van der Waals surface area (Å²) in [6, 6.07) is 61.0. The fourth-order valence-electron chi connectivity index (χ4n) is 8.78. The van der Waals surface area contributed by atoms with Gasteiger partial charge in [-0.05, 0) is 101 Å². The summed E-state index contributed by atoms with van der Waals surface area (Å²) in [5.41, 5.74) is 6.45. The van der Waals surface area contributed by atoms with Gasteiger partial charge < -0.3 is 4.42 Å². The van der Waals surface area contributed by atoms with Crippen LogP contribution in [0.4, 0.5) is 0 Å². The van der Waals surface area contributed by atoms with E-state index in [0.717, 1.165) is 50.0 Å². The second-order valence-corrected chi connectivity index (χ2v) is 14.1. The molecule has 0 aliphatic rings. The number of benzene rings is 9. The molecule has 0 aliphatic carbocycles. The molecule has 0 fully saturated rings. The summed E-state index contributed by atoms with van der Waals surface area (Å²) in [7, 11) is 0. The van der Waals surface area contributed by atoms with Crippen LogP contribution in [0, 0.1) is 0 Å². The third kappa shape index (κ3) is 4.16. The molecule has 12 rings (SSSR count). The van der Waals surface area contributed by atoms with E-state index in [-0.39, 0.29) is 0 Å². The van der Waals surface area contributed by atoms with Crippen LogP contribution < -0.4 is 0 Å². The van der Waals surface area contributed by atoms with Gasteiger partial charge in [-0.25, -0.2) is 9.97 Å². The smallest absolute Gasteiger partial charge is 0.160 e. The molecule has 2 aromatic heterocycles. The summed E-state index contributed by atoms with van der Waals surface area (Å²) in [5.74, 6) is 0.687. The molecule has 3 heteroatoms. The number of furan rings is 1. The molecule has 0 saturated heterocycles. The number of fused-ring (bicyclic) bond motifs is 5. The van der Waals surface area contributed by atoms with Gasteiger partial charge >= 0.3 is 0 Å². The topological polar surface area (TPSA) is 38.9 Å². The maximum Gasteiger partial charge on any atom is 0.160 e. The van der Waals surface area contributed by atoms with E-state index >= 15 is 0 Å².